The van der Waals surface area contributed by atoms with Gasteiger partial charge >= 0.3 is 0 Å². The molecule has 0 saturated heterocycles. The Kier molecular flexibility index (Phi) is 6.63. The Hall–Kier alpha value is -0.730. The Bertz CT molecular complexity index is 300. The molecule has 0 aliphatic rings. The van der Waals surface area contributed by atoms with Gasteiger partial charge in [-0.2, -0.15) is 0 Å². The van der Waals surface area contributed by atoms with Gasteiger partial charge in [0.15, 0.2) is 0 Å². The van der Waals surface area contributed by atoms with Gasteiger partial charge in [-0.05, 0) is 31.0 Å². The van der Waals surface area contributed by atoms with Gasteiger partial charge in [-0.15, -0.1) is 24.8 Å². The van der Waals surface area contributed by atoms with Crippen molar-refractivity contribution in [2.45, 2.75) is 13.8 Å². The van der Waals surface area contributed by atoms with Gasteiger partial charge in [-0.3, -0.25) is 4.79 Å². The van der Waals surface area contributed by atoms with Crippen molar-refractivity contribution < 1.29 is 4.79 Å². The molecule has 1 amide bonds. The number of carbonyl (C=O) groups excluding carboxylic acids is 1. The minimum atomic E-state index is -0.355. The van der Waals surface area contributed by atoms with Crippen molar-refractivity contribution in [3.63, 3.8) is 0 Å². The summed E-state index contributed by atoms with van der Waals surface area (Å²) in [5, 5.41) is 0. The SMILES string of the molecule is Cc1cccc(C(N)=O)c1C.Cl.Cl. The molecule has 0 fully saturated rings. The van der Waals surface area contributed by atoms with Crippen LogP contribution in [0, 0.1) is 13.8 Å². The first kappa shape index (κ1) is 14.8. The Morgan fingerprint density at radius 3 is 2.15 bits per heavy atom. The Morgan fingerprint density at radius 2 is 1.77 bits per heavy atom. The first-order valence-corrected chi connectivity index (χ1v) is 3.49. The van der Waals surface area contributed by atoms with Crippen LogP contribution in [-0.4, -0.2) is 5.91 Å². The number of hydrogen-bond acceptors (Lipinski definition) is 1. The van der Waals surface area contributed by atoms with E-state index in [1.165, 1.54) is 0 Å². The van der Waals surface area contributed by atoms with Crippen LogP contribution in [-0.2, 0) is 0 Å². The van der Waals surface area contributed by atoms with Crippen molar-refractivity contribution in [1.82, 2.24) is 0 Å². The molecule has 0 radical (unpaired) electrons. The number of benzene rings is 1. The van der Waals surface area contributed by atoms with E-state index in [2.05, 4.69) is 0 Å². The molecule has 0 heterocycles. The molecular weight excluding hydrogens is 209 g/mol. The minimum absolute atomic E-state index is 0. The van der Waals surface area contributed by atoms with Crippen LogP contribution in [0.3, 0.4) is 0 Å². The van der Waals surface area contributed by atoms with Gasteiger partial charge in [0.25, 0.3) is 0 Å². The molecule has 0 unspecified atom stereocenters. The largest absolute Gasteiger partial charge is 0.366 e. The molecule has 74 valence electrons. The van der Waals surface area contributed by atoms with E-state index in [-0.39, 0.29) is 30.7 Å². The topological polar surface area (TPSA) is 43.1 Å². The Balaban J connectivity index is 0. The van der Waals surface area contributed by atoms with Crippen LogP contribution < -0.4 is 5.73 Å². The molecule has 13 heavy (non-hydrogen) atoms. The standard InChI is InChI=1S/C9H11NO.2ClH/c1-6-4-3-5-8(7(6)2)9(10)11;;/h3-5H,1-2H3,(H2,10,11);2*1H. The van der Waals surface area contributed by atoms with Crippen LogP contribution in [0.15, 0.2) is 18.2 Å². The van der Waals surface area contributed by atoms with Crippen molar-refractivity contribution >= 4 is 30.7 Å². The summed E-state index contributed by atoms with van der Waals surface area (Å²) < 4.78 is 0. The lowest BCUT2D eigenvalue weighted by atomic mass is 10.0. The predicted octanol–water partition coefficient (Wildman–Crippen LogP) is 2.25. The molecule has 0 spiro atoms. The summed E-state index contributed by atoms with van der Waals surface area (Å²) in [6.45, 7) is 3.86. The average Bonchev–Trinajstić information content (AvgIpc) is 1.94. The van der Waals surface area contributed by atoms with Gasteiger partial charge in [0, 0.05) is 5.56 Å². The van der Waals surface area contributed by atoms with E-state index >= 15 is 0 Å². The van der Waals surface area contributed by atoms with Crippen molar-refractivity contribution in [2.24, 2.45) is 5.73 Å². The second-order valence-corrected chi connectivity index (χ2v) is 2.61. The number of rotatable bonds is 1. The summed E-state index contributed by atoms with van der Waals surface area (Å²) in [6.07, 6.45) is 0. The number of amides is 1. The fraction of sp³-hybridized carbons (Fsp3) is 0.222. The van der Waals surface area contributed by atoms with E-state index in [1.54, 1.807) is 6.07 Å². The van der Waals surface area contributed by atoms with Crippen LogP contribution in [0.5, 0.6) is 0 Å². The first-order chi connectivity index (χ1) is 5.13. The number of carbonyl (C=O) groups is 1. The second-order valence-electron chi connectivity index (χ2n) is 2.61. The highest BCUT2D eigenvalue weighted by molar-refractivity contribution is 5.94. The van der Waals surface area contributed by atoms with Gasteiger partial charge < -0.3 is 5.73 Å². The molecule has 0 aliphatic carbocycles. The molecule has 2 nitrogen and oxygen atoms in total. The maximum atomic E-state index is 10.8. The summed E-state index contributed by atoms with van der Waals surface area (Å²) in [4.78, 5) is 10.8. The summed E-state index contributed by atoms with van der Waals surface area (Å²) in [6, 6.07) is 5.54. The monoisotopic (exact) mass is 221 g/mol. The smallest absolute Gasteiger partial charge is 0.248 e. The zero-order chi connectivity index (χ0) is 8.43. The lowest BCUT2D eigenvalue weighted by Crippen LogP contribution is -2.12. The fourth-order valence-corrected chi connectivity index (χ4v) is 1.02. The van der Waals surface area contributed by atoms with Crippen molar-refractivity contribution in [3.05, 3.63) is 34.9 Å². The van der Waals surface area contributed by atoms with E-state index in [0.717, 1.165) is 11.1 Å². The van der Waals surface area contributed by atoms with Crippen LogP contribution in [0.25, 0.3) is 0 Å². The third-order valence-corrected chi connectivity index (χ3v) is 1.87. The van der Waals surface area contributed by atoms with Crippen LogP contribution >= 0.6 is 24.8 Å². The molecule has 0 aromatic heterocycles. The fourth-order valence-electron chi connectivity index (χ4n) is 1.02. The zero-order valence-corrected chi connectivity index (χ0v) is 9.17. The molecule has 1 rings (SSSR count). The van der Waals surface area contributed by atoms with Gasteiger partial charge in [0.2, 0.25) is 5.91 Å². The molecule has 4 heteroatoms. The lowest BCUT2D eigenvalue weighted by molar-refractivity contribution is 0.0999. The van der Waals surface area contributed by atoms with E-state index in [4.69, 9.17) is 5.73 Å². The third kappa shape index (κ3) is 3.25. The number of primary amides is 1. The van der Waals surface area contributed by atoms with Gasteiger partial charge in [-0.1, -0.05) is 12.1 Å². The van der Waals surface area contributed by atoms with E-state index in [0.29, 0.717) is 5.56 Å². The summed E-state index contributed by atoms with van der Waals surface area (Å²) in [5.41, 5.74) is 7.83. The summed E-state index contributed by atoms with van der Waals surface area (Å²) >= 11 is 0. The third-order valence-electron chi connectivity index (χ3n) is 1.87. The van der Waals surface area contributed by atoms with Gasteiger partial charge in [-0.25, -0.2) is 0 Å². The number of halogens is 2. The molecular formula is C9H13Cl2NO. The summed E-state index contributed by atoms with van der Waals surface area (Å²) in [5.74, 6) is -0.355. The minimum Gasteiger partial charge on any atom is -0.366 e. The Morgan fingerprint density at radius 1 is 1.23 bits per heavy atom. The second kappa shape index (κ2) is 5.84. The average molecular weight is 222 g/mol. The van der Waals surface area contributed by atoms with Crippen LogP contribution in [0.4, 0.5) is 0 Å². The van der Waals surface area contributed by atoms with Gasteiger partial charge in [0.1, 0.15) is 0 Å². The van der Waals surface area contributed by atoms with Crippen molar-refractivity contribution in [3.8, 4) is 0 Å². The first-order valence-electron chi connectivity index (χ1n) is 3.49. The quantitative estimate of drug-likeness (QED) is 0.777. The molecule has 0 saturated carbocycles. The van der Waals surface area contributed by atoms with Crippen molar-refractivity contribution in [2.75, 3.05) is 0 Å². The number of hydrogen-bond donors (Lipinski definition) is 1. The molecule has 0 aliphatic heterocycles. The molecule has 2 N–H and O–H groups in total. The lowest BCUT2D eigenvalue weighted by Gasteiger charge is -2.03. The molecule has 1 aromatic carbocycles. The number of nitrogens with two attached hydrogens (primary N) is 1. The van der Waals surface area contributed by atoms with E-state index < -0.39 is 0 Å². The van der Waals surface area contributed by atoms with E-state index in [9.17, 15) is 4.79 Å². The van der Waals surface area contributed by atoms with Crippen LogP contribution in [0.2, 0.25) is 0 Å². The van der Waals surface area contributed by atoms with Crippen LogP contribution in [0.1, 0.15) is 21.5 Å². The molecule has 0 bridgehead atoms. The van der Waals surface area contributed by atoms with Gasteiger partial charge in [0.05, 0.1) is 0 Å². The summed E-state index contributed by atoms with van der Waals surface area (Å²) in [7, 11) is 0. The Labute approximate surface area is 90.3 Å². The highest BCUT2D eigenvalue weighted by Crippen LogP contribution is 2.11. The number of aryl methyl sites for hydroxylation is 1. The predicted molar refractivity (Wildman–Crippen MR) is 58.9 cm³/mol. The molecule has 1 aromatic rings. The highest BCUT2D eigenvalue weighted by Gasteiger charge is 2.04. The normalized spacial score (nSPS) is 8.15. The zero-order valence-electron chi connectivity index (χ0n) is 7.53. The maximum Gasteiger partial charge on any atom is 0.248 e. The van der Waals surface area contributed by atoms with Crippen molar-refractivity contribution in [1.29, 1.82) is 0 Å². The van der Waals surface area contributed by atoms with E-state index in [1.807, 2.05) is 26.0 Å². The highest BCUT2D eigenvalue weighted by atomic mass is 35.5. The molecule has 0 atom stereocenters. The maximum absolute atomic E-state index is 10.8.